The SMILES string of the molecule is CC/C=C\C/C=C\C/C=C\C/C=C\C/C=C\CCCC(=O)OC(COC(=O)CCC/C=C\C/C=C\C/C=C\C/C=C\CCCCC)COC(=O)CCC/C=C\C/C=C\C/C=C\C/C=C\CCCCC. The number of hydrogen-bond acceptors (Lipinski definition) is 6. The Kier molecular flexibility index (Phi) is 51.6. The Labute approximate surface area is 422 Å². The quantitative estimate of drug-likeness (QED) is 0.0262. The number of ether oxygens (including phenoxy) is 3. The molecule has 0 unspecified atom stereocenters. The maximum absolute atomic E-state index is 12.8. The van der Waals surface area contributed by atoms with Gasteiger partial charge in [-0.1, -0.05) is 204 Å². The van der Waals surface area contributed by atoms with Gasteiger partial charge in [-0.25, -0.2) is 0 Å². The lowest BCUT2D eigenvalue weighted by Gasteiger charge is -2.18. The van der Waals surface area contributed by atoms with Crippen LogP contribution in [-0.4, -0.2) is 37.2 Å². The topological polar surface area (TPSA) is 78.9 Å². The van der Waals surface area contributed by atoms with Crippen LogP contribution in [0.4, 0.5) is 0 Å². The summed E-state index contributed by atoms with van der Waals surface area (Å²) >= 11 is 0. The number of esters is 3. The van der Waals surface area contributed by atoms with Gasteiger partial charge >= 0.3 is 17.9 Å². The molecule has 0 bridgehead atoms. The summed E-state index contributed by atoms with van der Waals surface area (Å²) < 4.78 is 16.7. The maximum atomic E-state index is 12.8. The third kappa shape index (κ3) is 53.8. The summed E-state index contributed by atoms with van der Waals surface area (Å²) in [6.07, 6.45) is 81.0. The second-order valence-electron chi connectivity index (χ2n) is 17.0. The van der Waals surface area contributed by atoms with Gasteiger partial charge in [-0.2, -0.15) is 0 Å². The van der Waals surface area contributed by atoms with Gasteiger partial charge in [-0.05, 0) is 135 Å². The molecule has 6 nitrogen and oxygen atoms in total. The molecule has 6 heteroatoms. The minimum absolute atomic E-state index is 0.154. The molecule has 0 spiro atoms. The van der Waals surface area contributed by atoms with E-state index in [9.17, 15) is 14.4 Å². The van der Waals surface area contributed by atoms with Crippen molar-refractivity contribution < 1.29 is 28.6 Å². The number of carbonyl (C=O) groups excluding carboxylic acids is 3. The molecule has 0 radical (unpaired) electrons. The van der Waals surface area contributed by atoms with E-state index in [0.717, 1.165) is 89.9 Å². The Bertz CT molecular complexity index is 1530. The minimum Gasteiger partial charge on any atom is -0.462 e. The summed E-state index contributed by atoms with van der Waals surface area (Å²) in [5, 5.41) is 0. The first kappa shape index (κ1) is 64.0. The zero-order valence-electron chi connectivity index (χ0n) is 43.8. The minimum atomic E-state index is -0.860. The van der Waals surface area contributed by atoms with Crippen LogP contribution in [0.25, 0.3) is 0 Å². The van der Waals surface area contributed by atoms with Gasteiger partial charge in [0.1, 0.15) is 13.2 Å². The highest BCUT2D eigenvalue weighted by molar-refractivity contribution is 5.71. The molecule has 0 saturated heterocycles. The van der Waals surface area contributed by atoms with Crippen molar-refractivity contribution in [2.75, 3.05) is 13.2 Å². The largest absolute Gasteiger partial charge is 0.462 e. The van der Waals surface area contributed by atoms with Crippen LogP contribution < -0.4 is 0 Å². The Balaban J connectivity index is 4.69. The van der Waals surface area contributed by atoms with Crippen molar-refractivity contribution in [2.45, 2.75) is 207 Å². The second-order valence-corrected chi connectivity index (χ2v) is 17.0. The lowest BCUT2D eigenvalue weighted by molar-refractivity contribution is -0.166. The molecule has 0 aliphatic rings. The molecule has 384 valence electrons. The lowest BCUT2D eigenvalue weighted by Crippen LogP contribution is -2.30. The average Bonchev–Trinajstić information content (AvgIpc) is 3.35. The molecule has 69 heavy (non-hydrogen) atoms. The molecule has 0 aliphatic heterocycles. The molecular weight excluding hydrogens is 853 g/mol. The molecule has 0 amide bonds. The summed E-state index contributed by atoms with van der Waals surface area (Å²) in [5.41, 5.74) is 0. The van der Waals surface area contributed by atoms with Crippen LogP contribution >= 0.6 is 0 Å². The van der Waals surface area contributed by atoms with Gasteiger partial charge in [0, 0.05) is 19.3 Å². The summed E-state index contributed by atoms with van der Waals surface area (Å²) in [5.74, 6) is -1.13. The molecule has 0 rings (SSSR count). The Hall–Kier alpha value is -4.97. The number of hydrogen-bond donors (Lipinski definition) is 0. The van der Waals surface area contributed by atoms with Gasteiger partial charge in [0.25, 0.3) is 0 Å². The van der Waals surface area contributed by atoms with Crippen LogP contribution in [0.1, 0.15) is 201 Å². The van der Waals surface area contributed by atoms with Crippen LogP contribution in [0.2, 0.25) is 0 Å². The Morgan fingerprint density at radius 3 is 0.826 bits per heavy atom. The van der Waals surface area contributed by atoms with Crippen LogP contribution in [0.5, 0.6) is 0 Å². The maximum Gasteiger partial charge on any atom is 0.306 e. The van der Waals surface area contributed by atoms with E-state index in [4.69, 9.17) is 14.2 Å². The fourth-order valence-corrected chi connectivity index (χ4v) is 6.46. The van der Waals surface area contributed by atoms with E-state index in [2.05, 4.69) is 179 Å². The van der Waals surface area contributed by atoms with Crippen molar-refractivity contribution in [3.8, 4) is 0 Å². The van der Waals surface area contributed by atoms with Crippen LogP contribution in [0.3, 0.4) is 0 Å². The first-order chi connectivity index (χ1) is 34.0. The van der Waals surface area contributed by atoms with E-state index in [1.54, 1.807) is 0 Å². The zero-order valence-corrected chi connectivity index (χ0v) is 43.8. The van der Waals surface area contributed by atoms with Gasteiger partial charge in [0.2, 0.25) is 0 Å². The van der Waals surface area contributed by atoms with Crippen LogP contribution in [0.15, 0.2) is 158 Å². The van der Waals surface area contributed by atoms with E-state index in [0.29, 0.717) is 19.3 Å². The lowest BCUT2D eigenvalue weighted by atomic mass is 10.2. The van der Waals surface area contributed by atoms with Crippen molar-refractivity contribution >= 4 is 17.9 Å². The normalized spacial score (nSPS) is 13.0. The first-order valence-electron chi connectivity index (χ1n) is 27.0. The van der Waals surface area contributed by atoms with Gasteiger partial charge in [0.15, 0.2) is 6.10 Å². The Morgan fingerprint density at radius 1 is 0.304 bits per heavy atom. The molecule has 0 fully saturated rings. The van der Waals surface area contributed by atoms with Crippen molar-refractivity contribution in [1.29, 1.82) is 0 Å². The average molecular weight is 949 g/mol. The summed E-state index contributed by atoms with van der Waals surface area (Å²) in [4.78, 5) is 38.0. The first-order valence-corrected chi connectivity index (χ1v) is 27.0. The highest BCUT2D eigenvalue weighted by atomic mass is 16.6. The standard InChI is InChI=1S/C63H96O6/c1-4-7-10-13-16-19-22-25-28-31-34-37-40-43-46-49-52-55-61(64)67-58-60(69-63(66)57-54-51-48-45-42-39-36-33-30-27-24-21-18-15-12-9-6-3)59-68-62(65)56-53-50-47-44-41-38-35-32-29-26-23-20-17-14-11-8-5-2/h9,12,16-21,25-30,34-39,43-48,60H,4-8,10-11,13-15,22-24,31-33,40-42,49-59H2,1-3H3/b12-9-,19-16-,20-17-,21-18-,28-25-,29-26-,30-27-,37-34-,38-35-,39-36-,46-43-,47-44-,48-45-. The summed E-state index contributed by atoms with van der Waals surface area (Å²) in [6, 6.07) is 0. The van der Waals surface area contributed by atoms with E-state index in [1.807, 2.05) is 0 Å². The van der Waals surface area contributed by atoms with Gasteiger partial charge < -0.3 is 14.2 Å². The third-order valence-corrected chi connectivity index (χ3v) is 10.5. The number of carbonyl (C=O) groups is 3. The predicted molar refractivity (Wildman–Crippen MR) is 297 cm³/mol. The number of unbranched alkanes of at least 4 members (excludes halogenated alkanes) is 9. The molecule has 0 aromatic carbocycles. The van der Waals surface area contributed by atoms with Crippen LogP contribution in [-0.2, 0) is 28.6 Å². The summed E-state index contributed by atoms with van der Waals surface area (Å²) in [6.45, 7) is 6.30. The van der Waals surface area contributed by atoms with Crippen molar-refractivity contribution in [3.63, 3.8) is 0 Å². The molecule has 0 aromatic rings. The van der Waals surface area contributed by atoms with Crippen molar-refractivity contribution in [3.05, 3.63) is 158 Å². The molecule has 0 aliphatic carbocycles. The van der Waals surface area contributed by atoms with E-state index in [1.165, 1.54) is 51.4 Å². The van der Waals surface area contributed by atoms with Crippen LogP contribution in [0, 0.1) is 0 Å². The number of allylic oxidation sites excluding steroid dienone is 26. The highest BCUT2D eigenvalue weighted by Gasteiger charge is 2.19. The van der Waals surface area contributed by atoms with Gasteiger partial charge in [-0.15, -0.1) is 0 Å². The molecule has 0 saturated carbocycles. The summed E-state index contributed by atoms with van der Waals surface area (Å²) in [7, 11) is 0. The molecule has 0 atom stereocenters. The molecule has 0 N–H and O–H groups in total. The van der Waals surface area contributed by atoms with Gasteiger partial charge in [-0.3, -0.25) is 14.4 Å². The monoisotopic (exact) mass is 949 g/mol. The fraction of sp³-hybridized carbons (Fsp3) is 0.540. The molecule has 0 heterocycles. The van der Waals surface area contributed by atoms with E-state index >= 15 is 0 Å². The van der Waals surface area contributed by atoms with Crippen molar-refractivity contribution in [2.24, 2.45) is 0 Å². The smallest absolute Gasteiger partial charge is 0.306 e. The predicted octanol–water partition coefficient (Wildman–Crippen LogP) is 18.2. The third-order valence-electron chi connectivity index (χ3n) is 10.5. The van der Waals surface area contributed by atoms with E-state index in [-0.39, 0.29) is 44.4 Å². The van der Waals surface area contributed by atoms with Crippen molar-refractivity contribution in [1.82, 2.24) is 0 Å². The molecule has 0 aromatic heterocycles. The fourth-order valence-electron chi connectivity index (χ4n) is 6.46. The van der Waals surface area contributed by atoms with Gasteiger partial charge in [0.05, 0.1) is 0 Å². The highest BCUT2D eigenvalue weighted by Crippen LogP contribution is 2.09. The number of rotatable bonds is 46. The molecular formula is C63H96O6. The zero-order chi connectivity index (χ0) is 50.0. The van der Waals surface area contributed by atoms with E-state index < -0.39 is 12.1 Å². The second kappa shape index (κ2) is 55.6. The Morgan fingerprint density at radius 2 is 0.551 bits per heavy atom.